The summed E-state index contributed by atoms with van der Waals surface area (Å²) in [5.41, 5.74) is 2.56. The van der Waals surface area contributed by atoms with Crippen molar-refractivity contribution in [3.8, 4) is 0 Å². The van der Waals surface area contributed by atoms with Crippen LogP contribution < -0.4 is 16.0 Å². The minimum Gasteiger partial charge on any atom is -0.376 e. The maximum atomic E-state index is 12.4. The van der Waals surface area contributed by atoms with Crippen molar-refractivity contribution >= 4 is 11.9 Å². The first kappa shape index (κ1) is 21.8. The molecular weight excluding hydrogens is 382 g/mol. The summed E-state index contributed by atoms with van der Waals surface area (Å²) in [4.78, 5) is 16.6. The summed E-state index contributed by atoms with van der Waals surface area (Å²) in [5, 5.41) is 13.5. The molecule has 8 heteroatoms. The third-order valence-electron chi connectivity index (χ3n) is 4.99. The van der Waals surface area contributed by atoms with Crippen molar-refractivity contribution in [1.82, 2.24) is 21.1 Å². The molecule has 0 spiro atoms. The molecule has 0 radical (unpaired) electrons. The Morgan fingerprint density at radius 2 is 2.07 bits per heavy atom. The van der Waals surface area contributed by atoms with E-state index in [0.717, 1.165) is 36.5 Å². The molecular formula is C22H31N5O3. The van der Waals surface area contributed by atoms with Gasteiger partial charge in [-0.1, -0.05) is 31.1 Å². The van der Waals surface area contributed by atoms with Crippen molar-refractivity contribution in [2.24, 2.45) is 4.99 Å². The largest absolute Gasteiger partial charge is 0.376 e. The molecule has 30 heavy (non-hydrogen) atoms. The van der Waals surface area contributed by atoms with Gasteiger partial charge in [-0.25, -0.2) is 0 Å². The molecule has 1 amide bonds. The lowest BCUT2D eigenvalue weighted by Crippen LogP contribution is -2.36. The van der Waals surface area contributed by atoms with Gasteiger partial charge < -0.3 is 25.2 Å². The highest BCUT2D eigenvalue weighted by atomic mass is 16.5. The molecule has 1 aromatic heterocycles. The Balaban J connectivity index is 1.47. The van der Waals surface area contributed by atoms with Gasteiger partial charge in [0.2, 0.25) is 0 Å². The fraction of sp³-hybridized carbons (Fsp3) is 0.500. The van der Waals surface area contributed by atoms with E-state index in [4.69, 9.17) is 9.26 Å². The van der Waals surface area contributed by atoms with Gasteiger partial charge in [0.25, 0.3) is 5.91 Å². The summed E-state index contributed by atoms with van der Waals surface area (Å²) in [5.74, 6) is 1.65. The fourth-order valence-electron chi connectivity index (χ4n) is 3.20. The van der Waals surface area contributed by atoms with Crippen LogP contribution in [0.2, 0.25) is 0 Å². The summed E-state index contributed by atoms with van der Waals surface area (Å²) in [6, 6.07) is 9.51. The van der Waals surface area contributed by atoms with Gasteiger partial charge >= 0.3 is 0 Å². The number of nitrogens with one attached hydrogen (secondary N) is 3. The van der Waals surface area contributed by atoms with Crippen molar-refractivity contribution < 1.29 is 14.1 Å². The molecule has 0 saturated carbocycles. The quantitative estimate of drug-likeness (QED) is 0.454. The molecule has 1 aliphatic heterocycles. The van der Waals surface area contributed by atoms with Crippen LogP contribution in [0, 0.1) is 0 Å². The van der Waals surface area contributed by atoms with Crippen LogP contribution in [0.1, 0.15) is 60.0 Å². The Morgan fingerprint density at radius 3 is 2.77 bits per heavy atom. The minimum atomic E-state index is -0.0823. The molecule has 1 unspecified atom stereocenters. The SMILES string of the molecule is CN=C(NCc1cccc(C(=O)NCC2CCCO2)c1)NCc1cc(C(C)C)no1. The number of carbonyl (C=O) groups excluding carboxylic acids is 1. The monoisotopic (exact) mass is 413 g/mol. The number of hydrogen-bond acceptors (Lipinski definition) is 5. The zero-order valence-corrected chi connectivity index (χ0v) is 17.9. The molecule has 1 aromatic carbocycles. The van der Waals surface area contributed by atoms with Gasteiger partial charge in [-0.15, -0.1) is 0 Å². The maximum Gasteiger partial charge on any atom is 0.251 e. The van der Waals surface area contributed by atoms with Crippen molar-refractivity contribution in [1.29, 1.82) is 0 Å². The Morgan fingerprint density at radius 1 is 1.23 bits per heavy atom. The van der Waals surface area contributed by atoms with Gasteiger partial charge in [-0.2, -0.15) is 0 Å². The van der Waals surface area contributed by atoms with Crippen LogP contribution in [0.25, 0.3) is 0 Å². The van der Waals surface area contributed by atoms with Crippen molar-refractivity contribution in [2.75, 3.05) is 20.2 Å². The Kier molecular flexibility index (Phi) is 7.84. The summed E-state index contributed by atoms with van der Waals surface area (Å²) in [6.07, 6.45) is 2.20. The first-order valence-corrected chi connectivity index (χ1v) is 10.4. The zero-order chi connectivity index (χ0) is 21.3. The van der Waals surface area contributed by atoms with E-state index < -0.39 is 0 Å². The number of guanidine groups is 1. The summed E-state index contributed by atoms with van der Waals surface area (Å²) >= 11 is 0. The Labute approximate surface area is 177 Å². The number of ether oxygens (including phenoxy) is 1. The van der Waals surface area contributed by atoms with Crippen LogP contribution in [-0.2, 0) is 17.8 Å². The van der Waals surface area contributed by atoms with Crippen molar-refractivity contribution in [3.63, 3.8) is 0 Å². The molecule has 0 bridgehead atoms. The fourth-order valence-corrected chi connectivity index (χ4v) is 3.20. The average molecular weight is 414 g/mol. The number of rotatable bonds is 8. The first-order valence-electron chi connectivity index (χ1n) is 10.4. The number of aromatic nitrogens is 1. The molecule has 1 fully saturated rings. The number of aliphatic imine (C=N–C) groups is 1. The van der Waals surface area contributed by atoms with E-state index in [1.54, 1.807) is 7.05 Å². The normalized spacial score (nSPS) is 16.7. The highest BCUT2D eigenvalue weighted by Gasteiger charge is 2.16. The highest BCUT2D eigenvalue weighted by molar-refractivity contribution is 5.94. The second-order valence-electron chi connectivity index (χ2n) is 7.70. The number of benzene rings is 1. The lowest BCUT2D eigenvalue weighted by molar-refractivity contribution is 0.0857. The van der Waals surface area contributed by atoms with E-state index >= 15 is 0 Å². The van der Waals surface area contributed by atoms with E-state index in [2.05, 4.69) is 39.9 Å². The van der Waals surface area contributed by atoms with Crippen molar-refractivity contribution in [3.05, 3.63) is 52.9 Å². The van der Waals surface area contributed by atoms with Crippen LogP contribution in [0.4, 0.5) is 0 Å². The van der Waals surface area contributed by atoms with E-state index in [-0.39, 0.29) is 12.0 Å². The summed E-state index contributed by atoms with van der Waals surface area (Å²) < 4.78 is 10.9. The lowest BCUT2D eigenvalue weighted by Gasteiger charge is -2.13. The molecule has 162 valence electrons. The number of amides is 1. The molecule has 8 nitrogen and oxygen atoms in total. The predicted octanol–water partition coefficient (Wildman–Crippen LogP) is 2.57. The third kappa shape index (κ3) is 6.32. The maximum absolute atomic E-state index is 12.4. The molecule has 0 aliphatic carbocycles. The molecule has 3 N–H and O–H groups in total. The van der Waals surface area contributed by atoms with E-state index in [0.29, 0.717) is 37.1 Å². The van der Waals surface area contributed by atoms with Gasteiger partial charge in [0.1, 0.15) is 0 Å². The molecule has 2 heterocycles. The topological polar surface area (TPSA) is 101 Å². The molecule has 1 aliphatic rings. The van der Waals surface area contributed by atoms with Gasteiger partial charge in [-0.3, -0.25) is 9.79 Å². The molecule has 2 aromatic rings. The average Bonchev–Trinajstić information content (AvgIpc) is 3.44. The standard InChI is InChI=1S/C22H31N5O3/c1-15(2)20-11-19(30-27-20)14-26-22(23-3)25-12-16-6-4-7-17(10-16)21(28)24-13-18-8-5-9-29-18/h4,6-7,10-11,15,18H,5,8-9,12-14H2,1-3H3,(H,24,28)(H2,23,25,26). The first-order chi connectivity index (χ1) is 14.5. The van der Waals surface area contributed by atoms with Gasteiger partial charge in [0.15, 0.2) is 11.7 Å². The van der Waals surface area contributed by atoms with E-state index in [1.165, 1.54) is 0 Å². The smallest absolute Gasteiger partial charge is 0.251 e. The molecule has 3 rings (SSSR count). The van der Waals surface area contributed by atoms with Crippen LogP contribution in [0.5, 0.6) is 0 Å². The molecule has 1 atom stereocenters. The molecule has 1 saturated heterocycles. The summed E-state index contributed by atoms with van der Waals surface area (Å²) in [7, 11) is 1.71. The Hall–Kier alpha value is -2.87. The zero-order valence-electron chi connectivity index (χ0n) is 17.9. The van der Waals surface area contributed by atoms with Gasteiger partial charge in [0, 0.05) is 38.4 Å². The van der Waals surface area contributed by atoms with Crippen LogP contribution in [0.15, 0.2) is 39.8 Å². The second kappa shape index (κ2) is 10.8. The van der Waals surface area contributed by atoms with Crippen LogP contribution >= 0.6 is 0 Å². The number of carbonyl (C=O) groups is 1. The third-order valence-corrected chi connectivity index (χ3v) is 4.99. The Bertz CT molecular complexity index is 856. The van der Waals surface area contributed by atoms with Gasteiger partial charge in [-0.05, 0) is 36.5 Å². The number of hydrogen-bond donors (Lipinski definition) is 3. The minimum absolute atomic E-state index is 0.0823. The second-order valence-corrected chi connectivity index (χ2v) is 7.70. The lowest BCUT2D eigenvalue weighted by atomic mass is 10.1. The number of nitrogens with zero attached hydrogens (tertiary/aromatic N) is 2. The highest BCUT2D eigenvalue weighted by Crippen LogP contribution is 2.14. The predicted molar refractivity (Wildman–Crippen MR) is 115 cm³/mol. The van der Waals surface area contributed by atoms with Crippen LogP contribution in [0.3, 0.4) is 0 Å². The van der Waals surface area contributed by atoms with E-state index in [9.17, 15) is 4.79 Å². The van der Waals surface area contributed by atoms with E-state index in [1.807, 2.05) is 30.3 Å². The van der Waals surface area contributed by atoms with Gasteiger partial charge in [0.05, 0.1) is 18.3 Å². The van der Waals surface area contributed by atoms with Crippen molar-refractivity contribution in [2.45, 2.75) is 51.8 Å². The van der Waals surface area contributed by atoms with Crippen LogP contribution in [-0.4, -0.2) is 43.3 Å². The summed E-state index contributed by atoms with van der Waals surface area (Å²) in [6.45, 7) is 6.52.